The smallest absolute Gasteiger partial charge is 0.323 e. The van der Waals surface area contributed by atoms with Crippen LogP contribution in [0.15, 0.2) is 0 Å². The van der Waals surface area contributed by atoms with E-state index in [0.717, 1.165) is 6.42 Å². The maximum absolute atomic E-state index is 11.7. The Hall–Kier alpha value is -1.14. The number of rotatable bonds is 5. The Bertz CT molecular complexity index is 283. The molecule has 0 aromatic rings. The molecule has 17 heavy (non-hydrogen) atoms. The molecule has 1 fully saturated rings. The van der Waals surface area contributed by atoms with Gasteiger partial charge >= 0.3 is 5.97 Å². The van der Waals surface area contributed by atoms with Gasteiger partial charge in [0, 0.05) is 12.6 Å². The molecule has 1 rings (SSSR count). The van der Waals surface area contributed by atoms with Gasteiger partial charge in [-0.15, -0.1) is 0 Å². The van der Waals surface area contributed by atoms with Gasteiger partial charge in [0.05, 0.1) is 19.8 Å². The lowest BCUT2D eigenvalue weighted by Crippen LogP contribution is -2.53. The van der Waals surface area contributed by atoms with E-state index in [9.17, 15) is 9.59 Å². The summed E-state index contributed by atoms with van der Waals surface area (Å²) in [6, 6.07) is -0.599. The Morgan fingerprint density at radius 3 is 2.88 bits per heavy atom. The SMILES string of the molecule is CCC(C)NC(=O)CN1CCOCC1C(=O)O. The van der Waals surface area contributed by atoms with E-state index in [2.05, 4.69) is 5.32 Å². The molecule has 2 atom stereocenters. The zero-order chi connectivity index (χ0) is 12.8. The number of aliphatic carboxylic acids is 1. The standard InChI is InChI=1S/C11H20N2O4/c1-3-8(2)12-10(14)6-13-4-5-17-7-9(13)11(15)16/h8-9H,3-7H2,1-2H3,(H,12,14)(H,15,16). The van der Waals surface area contributed by atoms with Crippen LogP contribution in [0.4, 0.5) is 0 Å². The molecule has 6 nitrogen and oxygen atoms in total. The van der Waals surface area contributed by atoms with Crippen LogP contribution in [0.3, 0.4) is 0 Å². The second-order valence-corrected chi connectivity index (χ2v) is 4.28. The molecule has 0 saturated carbocycles. The van der Waals surface area contributed by atoms with Gasteiger partial charge < -0.3 is 15.2 Å². The van der Waals surface area contributed by atoms with Gasteiger partial charge in [0.25, 0.3) is 0 Å². The minimum absolute atomic E-state index is 0.116. The van der Waals surface area contributed by atoms with Crippen molar-refractivity contribution in [2.45, 2.75) is 32.4 Å². The van der Waals surface area contributed by atoms with Gasteiger partial charge in [-0.1, -0.05) is 6.92 Å². The molecule has 0 aromatic heterocycles. The number of hydrogen-bond acceptors (Lipinski definition) is 4. The van der Waals surface area contributed by atoms with Crippen molar-refractivity contribution in [1.29, 1.82) is 0 Å². The summed E-state index contributed by atoms with van der Waals surface area (Å²) >= 11 is 0. The maximum Gasteiger partial charge on any atom is 0.323 e. The molecule has 1 heterocycles. The summed E-state index contributed by atoms with van der Waals surface area (Å²) in [5, 5.41) is 11.8. The van der Waals surface area contributed by atoms with Crippen molar-refractivity contribution in [1.82, 2.24) is 10.2 Å². The highest BCUT2D eigenvalue weighted by Crippen LogP contribution is 2.06. The third-order valence-corrected chi connectivity index (χ3v) is 2.89. The minimum atomic E-state index is -0.943. The second kappa shape index (κ2) is 6.56. The normalized spacial score (nSPS) is 23.1. The molecular formula is C11H20N2O4. The first-order chi connectivity index (χ1) is 8.04. The zero-order valence-electron chi connectivity index (χ0n) is 10.3. The Labute approximate surface area is 101 Å². The maximum atomic E-state index is 11.7. The van der Waals surface area contributed by atoms with Crippen LogP contribution < -0.4 is 5.32 Å². The van der Waals surface area contributed by atoms with Crippen LogP contribution in [0.5, 0.6) is 0 Å². The largest absolute Gasteiger partial charge is 0.480 e. The first-order valence-electron chi connectivity index (χ1n) is 5.88. The Morgan fingerprint density at radius 2 is 2.29 bits per heavy atom. The van der Waals surface area contributed by atoms with E-state index < -0.39 is 12.0 Å². The van der Waals surface area contributed by atoms with Gasteiger partial charge in [0.2, 0.25) is 5.91 Å². The molecule has 98 valence electrons. The molecule has 2 unspecified atom stereocenters. The third-order valence-electron chi connectivity index (χ3n) is 2.89. The Kier molecular flexibility index (Phi) is 5.37. The van der Waals surface area contributed by atoms with E-state index in [4.69, 9.17) is 9.84 Å². The second-order valence-electron chi connectivity index (χ2n) is 4.28. The highest BCUT2D eigenvalue weighted by Gasteiger charge is 2.30. The van der Waals surface area contributed by atoms with E-state index in [0.29, 0.717) is 13.2 Å². The Balaban J connectivity index is 2.47. The lowest BCUT2D eigenvalue weighted by atomic mass is 10.2. The summed E-state index contributed by atoms with van der Waals surface area (Å²) in [4.78, 5) is 24.3. The number of carbonyl (C=O) groups excluding carboxylic acids is 1. The van der Waals surface area contributed by atoms with Crippen molar-refractivity contribution in [3.05, 3.63) is 0 Å². The average Bonchev–Trinajstić information content (AvgIpc) is 2.29. The molecule has 0 aromatic carbocycles. The van der Waals surface area contributed by atoms with Gasteiger partial charge in [-0.25, -0.2) is 0 Å². The molecule has 1 aliphatic rings. The third kappa shape index (κ3) is 4.32. The highest BCUT2D eigenvalue weighted by molar-refractivity contribution is 5.80. The van der Waals surface area contributed by atoms with Crippen LogP contribution >= 0.6 is 0 Å². The molecule has 0 aliphatic carbocycles. The molecule has 1 saturated heterocycles. The van der Waals surface area contributed by atoms with Gasteiger partial charge in [-0.05, 0) is 13.3 Å². The van der Waals surface area contributed by atoms with Crippen molar-refractivity contribution in [2.24, 2.45) is 0 Å². The fourth-order valence-electron chi connectivity index (χ4n) is 1.66. The topological polar surface area (TPSA) is 78.9 Å². The molecule has 2 N–H and O–H groups in total. The number of ether oxygens (including phenoxy) is 1. The van der Waals surface area contributed by atoms with Gasteiger partial charge in [0.1, 0.15) is 6.04 Å². The first kappa shape index (κ1) is 13.9. The van der Waals surface area contributed by atoms with Crippen LogP contribution in [0.2, 0.25) is 0 Å². The van der Waals surface area contributed by atoms with Crippen molar-refractivity contribution in [2.75, 3.05) is 26.3 Å². The van der Waals surface area contributed by atoms with E-state index in [1.165, 1.54) is 0 Å². The zero-order valence-corrected chi connectivity index (χ0v) is 10.3. The number of nitrogens with zero attached hydrogens (tertiary/aromatic N) is 1. The molecule has 6 heteroatoms. The van der Waals surface area contributed by atoms with Gasteiger partial charge in [-0.3, -0.25) is 14.5 Å². The molecule has 0 radical (unpaired) electrons. The van der Waals surface area contributed by atoms with Gasteiger partial charge in [0.15, 0.2) is 0 Å². The summed E-state index contributed by atoms with van der Waals surface area (Å²) in [5.74, 6) is -1.08. The summed E-state index contributed by atoms with van der Waals surface area (Å²) < 4.78 is 5.10. The average molecular weight is 244 g/mol. The lowest BCUT2D eigenvalue weighted by Gasteiger charge is -2.32. The molecular weight excluding hydrogens is 224 g/mol. The summed E-state index contributed by atoms with van der Waals surface area (Å²) in [7, 11) is 0. The number of carbonyl (C=O) groups is 2. The summed E-state index contributed by atoms with van der Waals surface area (Å²) in [5.41, 5.74) is 0. The number of amides is 1. The number of carboxylic acids is 1. The summed E-state index contributed by atoms with van der Waals surface area (Å²) in [6.45, 7) is 5.12. The van der Waals surface area contributed by atoms with Crippen LogP contribution in [-0.4, -0.2) is 60.3 Å². The Morgan fingerprint density at radius 1 is 1.59 bits per heavy atom. The number of morpholine rings is 1. The summed E-state index contributed by atoms with van der Waals surface area (Å²) in [6.07, 6.45) is 0.858. The van der Waals surface area contributed by atoms with E-state index in [-0.39, 0.29) is 25.1 Å². The van der Waals surface area contributed by atoms with Crippen LogP contribution in [0.25, 0.3) is 0 Å². The van der Waals surface area contributed by atoms with Gasteiger partial charge in [-0.2, -0.15) is 0 Å². The highest BCUT2D eigenvalue weighted by atomic mass is 16.5. The fraction of sp³-hybridized carbons (Fsp3) is 0.818. The van der Waals surface area contributed by atoms with Crippen molar-refractivity contribution < 1.29 is 19.4 Å². The van der Waals surface area contributed by atoms with Crippen molar-refractivity contribution in [3.8, 4) is 0 Å². The van der Waals surface area contributed by atoms with Crippen LogP contribution in [-0.2, 0) is 14.3 Å². The van der Waals surface area contributed by atoms with Crippen LogP contribution in [0.1, 0.15) is 20.3 Å². The van der Waals surface area contributed by atoms with Crippen LogP contribution in [0, 0.1) is 0 Å². The lowest BCUT2D eigenvalue weighted by molar-refractivity contribution is -0.150. The molecule has 1 amide bonds. The van der Waals surface area contributed by atoms with E-state index in [1.54, 1.807) is 4.90 Å². The molecule has 0 spiro atoms. The quantitative estimate of drug-likeness (QED) is 0.693. The first-order valence-corrected chi connectivity index (χ1v) is 5.88. The van der Waals surface area contributed by atoms with E-state index >= 15 is 0 Å². The number of carboxylic acid groups (broad SMARTS) is 1. The number of nitrogens with one attached hydrogen (secondary N) is 1. The molecule has 1 aliphatic heterocycles. The van der Waals surface area contributed by atoms with E-state index in [1.807, 2.05) is 13.8 Å². The van der Waals surface area contributed by atoms with Crippen molar-refractivity contribution >= 4 is 11.9 Å². The van der Waals surface area contributed by atoms with Crippen molar-refractivity contribution in [3.63, 3.8) is 0 Å². The fourth-order valence-corrected chi connectivity index (χ4v) is 1.66. The monoisotopic (exact) mass is 244 g/mol. The molecule has 0 bridgehead atoms. The number of hydrogen-bond donors (Lipinski definition) is 2. The minimum Gasteiger partial charge on any atom is -0.480 e. The predicted octanol–water partition coefficient (Wildman–Crippen LogP) is -0.313. The predicted molar refractivity (Wildman–Crippen MR) is 61.7 cm³/mol.